The number of aliphatic hydroxyl groups is 1. The summed E-state index contributed by atoms with van der Waals surface area (Å²) >= 11 is 0. The van der Waals surface area contributed by atoms with Crippen LogP contribution in [-0.4, -0.2) is 64.7 Å². The number of nitrogens with two attached hydrogens (primary N) is 1. The third-order valence-corrected chi connectivity index (χ3v) is 5.44. The molecular formula is C17H35Cl2N3O2. The molecule has 2 fully saturated rings. The van der Waals surface area contributed by atoms with E-state index in [0.717, 1.165) is 51.7 Å². The number of amides is 1. The number of carbonyl (C=O) groups excluding carboxylic acids is 1. The molecule has 1 saturated carbocycles. The van der Waals surface area contributed by atoms with E-state index in [-0.39, 0.29) is 48.3 Å². The molecule has 0 spiro atoms. The Morgan fingerprint density at radius 3 is 2.54 bits per heavy atom. The summed E-state index contributed by atoms with van der Waals surface area (Å²) in [5, 5.41) is 9.63. The highest BCUT2D eigenvalue weighted by Crippen LogP contribution is 2.33. The van der Waals surface area contributed by atoms with Gasteiger partial charge in [-0.05, 0) is 33.1 Å². The van der Waals surface area contributed by atoms with Gasteiger partial charge in [-0.15, -0.1) is 24.8 Å². The van der Waals surface area contributed by atoms with E-state index in [9.17, 15) is 9.90 Å². The standard InChI is InChI=1S/C17H33N3O2.2ClH/c1-4-14-12-20(10-9-19(14)11-13(2)21)16(22)15-7-5-6-8-17(15,3)18;;/h13-15,21H,4-12,18H2,1-3H3;2*1H. The van der Waals surface area contributed by atoms with Crippen molar-refractivity contribution in [3.63, 3.8) is 0 Å². The number of halogens is 2. The Balaban J connectivity index is 0.00000264. The van der Waals surface area contributed by atoms with E-state index in [2.05, 4.69) is 11.8 Å². The summed E-state index contributed by atoms with van der Waals surface area (Å²) in [5.41, 5.74) is 6.05. The van der Waals surface area contributed by atoms with Crippen molar-refractivity contribution in [2.24, 2.45) is 11.7 Å². The predicted molar refractivity (Wildman–Crippen MR) is 103 cm³/mol. The number of carbonyl (C=O) groups is 1. The van der Waals surface area contributed by atoms with Gasteiger partial charge in [-0.25, -0.2) is 0 Å². The maximum atomic E-state index is 12.9. The largest absolute Gasteiger partial charge is 0.392 e. The summed E-state index contributed by atoms with van der Waals surface area (Å²) in [7, 11) is 0. The molecule has 0 aromatic rings. The van der Waals surface area contributed by atoms with E-state index in [1.807, 2.05) is 18.7 Å². The number of aliphatic hydroxyl groups excluding tert-OH is 1. The van der Waals surface area contributed by atoms with Gasteiger partial charge in [0.15, 0.2) is 0 Å². The van der Waals surface area contributed by atoms with Crippen LogP contribution in [0.3, 0.4) is 0 Å². The second-order valence-corrected chi connectivity index (χ2v) is 7.49. The van der Waals surface area contributed by atoms with E-state index in [0.29, 0.717) is 12.6 Å². The average molecular weight is 384 g/mol. The molecule has 0 bridgehead atoms. The van der Waals surface area contributed by atoms with Crippen molar-refractivity contribution in [1.29, 1.82) is 0 Å². The Bertz CT molecular complexity index is 394. The van der Waals surface area contributed by atoms with Crippen molar-refractivity contribution < 1.29 is 9.90 Å². The number of rotatable bonds is 4. The molecule has 7 heteroatoms. The van der Waals surface area contributed by atoms with Gasteiger partial charge in [0, 0.05) is 37.8 Å². The normalized spacial score (nSPS) is 32.5. The molecule has 4 atom stereocenters. The topological polar surface area (TPSA) is 69.8 Å². The number of hydrogen-bond acceptors (Lipinski definition) is 4. The summed E-state index contributed by atoms with van der Waals surface area (Å²) in [6.07, 6.45) is 4.81. The zero-order valence-electron chi connectivity index (χ0n) is 15.2. The molecule has 1 heterocycles. The quantitative estimate of drug-likeness (QED) is 0.778. The van der Waals surface area contributed by atoms with Crippen LogP contribution >= 0.6 is 24.8 Å². The van der Waals surface area contributed by atoms with Crippen molar-refractivity contribution in [2.75, 3.05) is 26.2 Å². The monoisotopic (exact) mass is 383 g/mol. The molecule has 1 aliphatic heterocycles. The highest BCUT2D eigenvalue weighted by Gasteiger charge is 2.41. The molecule has 0 aromatic carbocycles. The van der Waals surface area contributed by atoms with Gasteiger partial charge < -0.3 is 15.7 Å². The maximum absolute atomic E-state index is 12.9. The van der Waals surface area contributed by atoms with Crippen LogP contribution in [0.5, 0.6) is 0 Å². The molecule has 0 radical (unpaired) electrons. The van der Waals surface area contributed by atoms with E-state index in [1.54, 1.807) is 0 Å². The Kier molecular flexibility index (Phi) is 10.1. The van der Waals surface area contributed by atoms with Crippen LogP contribution in [0, 0.1) is 5.92 Å². The van der Waals surface area contributed by atoms with Gasteiger partial charge in [0.2, 0.25) is 5.91 Å². The molecule has 2 rings (SSSR count). The first kappa shape index (κ1) is 23.9. The lowest BCUT2D eigenvalue weighted by atomic mass is 9.74. The van der Waals surface area contributed by atoms with E-state index in [4.69, 9.17) is 5.73 Å². The molecular weight excluding hydrogens is 349 g/mol. The summed E-state index contributed by atoms with van der Waals surface area (Å²) in [5.74, 6) is 0.224. The molecule has 144 valence electrons. The van der Waals surface area contributed by atoms with Gasteiger partial charge in [-0.2, -0.15) is 0 Å². The summed E-state index contributed by atoms with van der Waals surface area (Å²) in [4.78, 5) is 17.3. The minimum atomic E-state index is -0.353. The smallest absolute Gasteiger partial charge is 0.227 e. The van der Waals surface area contributed by atoms with E-state index in [1.165, 1.54) is 0 Å². The number of piperazine rings is 1. The lowest BCUT2D eigenvalue weighted by Crippen LogP contribution is -2.60. The summed E-state index contributed by atoms with van der Waals surface area (Å²) < 4.78 is 0. The van der Waals surface area contributed by atoms with Crippen LogP contribution in [0.15, 0.2) is 0 Å². The number of β-amino-alcohol motifs (C(OH)–C–C–N with tert-alkyl or cyclic N) is 1. The fourth-order valence-corrected chi connectivity index (χ4v) is 4.04. The van der Waals surface area contributed by atoms with Gasteiger partial charge in [0.25, 0.3) is 0 Å². The van der Waals surface area contributed by atoms with E-state index < -0.39 is 0 Å². The highest BCUT2D eigenvalue weighted by molar-refractivity contribution is 5.85. The molecule has 0 aromatic heterocycles. The molecule has 1 amide bonds. The SMILES string of the molecule is CCC1CN(C(=O)C2CCCCC2(C)N)CCN1CC(C)O.Cl.Cl. The van der Waals surface area contributed by atoms with Gasteiger partial charge in [-0.3, -0.25) is 9.69 Å². The molecule has 2 aliphatic rings. The summed E-state index contributed by atoms with van der Waals surface area (Å²) in [6.45, 7) is 9.09. The van der Waals surface area contributed by atoms with Gasteiger partial charge in [0.05, 0.1) is 12.0 Å². The molecule has 1 aliphatic carbocycles. The van der Waals surface area contributed by atoms with Gasteiger partial charge in [0.1, 0.15) is 0 Å². The first-order valence-corrected chi connectivity index (χ1v) is 8.85. The fourth-order valence-electron chi connectivity index (χ4n) is 4.04. The second-order valence-electron chi connectivity index (χ2n) is 7.49. The minimum Gasteiger partial charge on any atom is -0.392 e. The van der Waals surface area contributed by atoms with Crippen LogP contribution in [0.4, 0.5) is 0 Å². The van der Waals surface area contributed by atoms with Crippen molar-refractivity contribution in [1.82, 2.24) is 9.80 Å². The van der Waals surface area contributed by atoms with Crippen LogP contribution in [0.25, 0.3) is 0 Å². The van der Waals surface area contributed by atoms with Gasteiger partial charge in [-0.1, -0.05) is 19.8 Å². The Labute approximate surface area is 159 Å². The molecule has 24 heavy (non-hydrogen) atoms. The predicted octanol–water partition coefficient (Wildman–Crippen LogP) is 2.04. The lowest BCUT2D eigenvalue weighted by Gasteiger charge is -2.45. The maximum Gasteiger partial charge on any atom is 0.227 e. The number of hydrogen-bond donors (Lipinski definition) is 2. The van der Waals surface area contributed by atoms with Crippen LogP contribution < -0.4 is 5.73 Å². The van der Waals surface area contributed by atoms with Gasteiger partial charge >= 0.3 is 0 Å². The highest BCUT2D eigenvalue weighted by atomic mass is 35.5. The second kappa shape index (κ2) is 10.2. The Hall–Kier alpha value is -0.0700. The van der Waals surface area contributed by atoms with Crippen LogP contribution in [0.1, 0.15) is 52.9 Å². The summed E-state index contributed by atoms with van der Waals surface area (Å²) in [6, 6.07) is 0.347. The third kappa shape index (κ3) is 5.73. The first-order valence-electron chi connectivity index (χ1n) is 8.85. The lowest BCUT2D eigenvalue weighted by molar-refractivity contribution is -0.142. The molecule has 5 nitrogen and oxygen atoms in total. The van der Waals surface area contributed by atoms with Crippen molar-refractivity contribution in [3.8, 4) is 0 Å². The zero-order valence-corrected chi connectivity index (χ0v) is 16.9. The average Bonchev–Trinajstić information content (AvgIpc) is 2.46. The van der Waals surface area contributed by atoms with Crippen LogP contribution in [0.2, 0.25) is 0 Å². The Morgan fingerprint density at radius 2 is 2.00 bits per heavy atom. The first-order chi connectivity index (χ1) is 10.3. The van der Waals surface area contributed by atoms with Crippen LogP contribution in [-0.2, 0) is 4.79 Å². The fraction of sp³-hybridized carbons (Fsp3) is 0.941. The van der Waals surface area contributed by atoms with Crippen molar-refractivity contribution >= 4 is 30.7 Å². The minimum absolute atomic E-state index is 0. The van der Waals surface area contributed by atoms with E-state index >= 15 is 0 Å². The molecule has 3 N–H and O–H groups in total. The molecule has 1 saturated heterocycles. The number of nitrogens with zero attached hydrogens (tertiary/aromatic N) is 2. The Morgan fingerprint density at radius 1 is 1.33 bits per heavy atom. The third-order valence-electron chi connectivity index (χ3n) is 5.44. The van der Waals surface area contributed by atoms with Crippen molar-refractivity contribution in [2.45, 2.75) is 70.6 Å². The molecule has 4 unspecified atom stereocenters. The van der Waals surface area contributed by atoms with Crippen molar-refractivity contribution in [3.05, 3.63) is 0 Å². The zero-order chi connectivity index (χ0) is 16.3.